The minimum atomic E-state index is -0.0317. The fourth-order valence-corrected chi connectivity index (χ4v) is 1.36. The lowest BCUT2D eigenvalue weighted by Gasteiger charge is -2.33. The van der Waals surface area contributed by atoms with Crippen LogP contribution in [-0.2, 0) is 4.74 Å². The van der Waals surface area contributed by atoms with Crippen LogP contribution in [0.5, 0.6) is 0 Å². The Balaban J connectivity index is 4.00. The Hall–Kier alpha value is -0.0800. The first-order valence-electron chi connectivity index (χ1n) is 4.38. The molecular weight excluding hydrogens is 138 g/mol. The molecule has 0 saturated heterocycles. The van der Waals surface area contributed by atoms with Gasteiger partial charge < -0.3 is 10.5 Å². The van der Waals surface area contributed by atoms with Crippen molar-refractivity contribution in [2.24, 2.45) is 11.7 Å². The summed E-state index contributed by atoms with van der Waals surface area (Å²) < 4.78 is 5.07. The quantitative estimate of drug-likeness (QED) is 0.663. The third-order valence-corrected chi connectivity index (χ3v) is 2.71. The largest absolute Gasteiger partial charge is 0.384 e. The highest BCUT2D eigenvalue weighted by Crippen LogP contribution is 2.21. The van der Waals surface area contributed by atoms with E-state index in [1.54, 1.807) is 7.11 Å². The molecule has 0 saturated carbocycles. The first-order valence-corrected chi connectivity index (χ1v) is 4.38. The Morgan fingerprint density at radius 3 is 2.09 bits per heavy atom. The number of nitrogens with two attached hydrogens (primary N) is 1. The van der Waals surface area contributed by atoms with Crippen LogP contribution in [-0.4, -0.2) is 19.3 Å². The molecule has 2 nitrogen and oxygen atoms in total. The van der Waals surface area contributed by atoms with E-state index in [1.165, 1.54) is 0 Å². The van der Waals surface area contributed by atoms with Gasteiger partial charge in [-0.25, -0.2) is 0 Å². The molecule has 0 radical (unpaired) electrons. The molecule has 0 aliphatic carbocycles. The summed E-state index contributed by atoms with van der Waals surface area (Å²) in [7, 11) is 1.72. The van der Waals surface area contributed by atoms with E-state index in [1.807, 2.05) is 0 Å². The zero-order chi connectivity index (χ0) is 8.91. The smallest absolute Gasteiger partial charge is 0.0505 e. The van der Waals surface area contributed by atoms with Gasteiger partial charge in [0.25, 0.3) is 0 Å². The molecule has 0 fully saturated rings. The van der Waals surface area contributed by atoms with Crippen molar-refractivity contribution in [3.63, 3.8) is 0 Å². The standard InChI is InChI=1S/C9H21NO/c1-5-9(10,6-2)8(3)7-11-4/h8H,5-7,10H2,1-4H3. The molecule has 0 aromatic rings. The second kappa shape index (κ2) is 4.73. The van der Waals surface area contributed by atoms with Gasteiger partial charge in [-0.3, -0.25) is 0 Å². The van der Waals surface area contributed by atoms with Gasteiger partial charge in [0.2, 0.25) is 0 Å². The van der Waals surface area contributed by atoms with Gasteiger partial charge in [-0.05, 0) is 18.8 Å². The molecule has 0 aromatic heterocycles. The van der Waals surface area contributed by atoms with Crippen molar-refractivity contribution >= 4 is 0 Å². The molecule has 11 heavy (non-hydrogen) atoms. The molecule has 0 aliphatic rings. The summed E-state index contributed by atoms with van der Waals surface area (Å²) in [6, 6.07) is 0. The predicted octanol–water partition coefficient (Wildman–Crippen LogP) is 1.79. The molecule has 1 unspecified atom stereocenters. The topological polar surface area (TPSA) is 35.2 Å². The zero-order valence-corrected chi connectivity index (χ0v) is 8.18. The van der Waals surface area contributed by atoms with Crippen molar-refractivity contribution in [3.05, 3.63) is 0 Å². The fourth-order valence-electron chi connectivity index (χ4n) is 1.36. The van der Waals surface area contributed by atoms with E-state index in [4.69, 9.17) is 10.5 Å². The van der Waals surface area contributed by atoms with E-state index in [0.29, 0.717) is 5.92 Å². The number of hydrogen-bond acceptors (Lipinski definition) is 2. The van der Waals surface area contributed by atoms with Gasteiger partial charge in [0.15, 0.2) is 0 Å². The van der Waals surface area contributed by atoms with Crippen molar-refractivity contribution in [1.29, 1.82) is 0 Å². The molecule has 0 spiro atoms. The Morgan fingerprint density at radius 2 is 1.82 bits per heavy atom. The molecule has 0 aromatic carbocycles. The summed E-state index contributed by atoms with van der Waals surface area (Å²) in [4.78, 5) is 0. The third kappa shape index (κ3) is 2.80. The van der Waals surface area contributed by atoms with Crippen molar-refractivity contribution in [2.45, 2.75) is 39.2 Å². The van der Waals surface area contributed by atoms with Crippen LogP contribution < -0.4 is 5.73 Å². The van der Waals surface area contributed by atoms with E-state index in [9.17, 15) is 0 Å². The second-order valence-electron chi connectivity index (χ2n) is 3.30. The fraction of sp³-hybridized carbons (Fsp3) is 1.00. The highest BCUT2D eigenvalue weighted by atomic mass is 16.5. The monoisotopic (exact) mass is 159 g/mol. The minimum absolute atomic E-state index is 0.0317. The molecule has 0 aliphatic heterocycles. The van der Waals surface area contributed by atoms with E-state index < -0.39 is 0 Å². The molecular formula is C9H21NO. The molecule has 1 atom stereocenters. The Kier molecular flexibility index (Phi) is 4.69. The van der Waals surface area contributed by atoms with Gasteiger partial charge in [-0.1, -0.05) is 20.8 Å². The average Bonchev–Trinajstić information content (AvgIpc) is 2.03. The van der Waals surface area contributed by atoms with Crippen LogP contribution in [0.3, 0.4) is 0 Å². The summed E-state index contributed by atoms with van der Waals surface area (Å²) in [5.74, 6) is 0.447. The molecule has 0 amide bonds. The number of methoxy groups -OCH3 is 1. The van der Waals surface area contributed by atoms with Gasteiger partial charge in [-0.2, -0.15) is 0 Å². The van der Waals surface area contributed by atoms with Crippen LogP contribution >= 0.6 is 0 Å². The van der Waals surface area contributed by atoms with Gasteiger partial charge in [0.1, 0.15) is 0 Å². The number of rotatable bonds is 5. The van der Waals surface area contributed by atoms with Crippen molar-refractivity contribution in [1.82, 2.24) is 0 Å². The van der Waals surface area contributed by atoms with Crippen LogP contribution in [0.1, 0.15) is 33.6 Å². The van der Waals surface area contributed by atoms with Crippen molar-refractivity contribution in [3.8, 4) is 0 Å². The molecule has 68 valence electrons. The summed E-state index contributed by atoms with van der Waals surface area (Å²) in [6.07, 6.45) is 2.04. The Labute approximate surface area is 70.1 Å². The van der Waals surface area contributed by atoms with E-state index in [-0.39, 0.29) is 5.54 Å². The van der Waals surface area contributed by atoms with E-state index in [0.717, 1.165) is 19.4 Å². The summed E-state index contributed by atoms with van der Waals surface area (Å²) in [5, 5.41) is 0. The van der Waals surface area contributed by atoms with Crippen LogP contribution in [0.2, 0.25) is 0 Å². The molecule has 2 N–H and O–H groups in total. The minimum Gasteiger partial charge on any atom is -0.384 e. The molecule has 0 rings (SSSR count). The zero-order valence-electron chi connectivity index (χ0n) is 8.18. The van der Waals surface area contributed by atoms with Gasteiger partial charge in [0, 0.05) is 12.6 Å². The highest BCUT2D eigenvalue weighted by Gasteiger charge is 2.27. The second-order valence-corrected chi connectivity index (χ2v) is 3.30. The highest BCUT2D eigenvalue weighted by molar-refractivity contribution is 4.86. The lowest BCUT2D eigenvalue weighted by Crippen LogP contribution is -2.46. The summed E-state index contributed by atoms with van der Waals surface area (Å²) in [5.41, 5.74) is 6.11. The maximum Gasteiger partial charge on any atom is 0.0505 e. The van der Waals surface area contributed by atoms with Crippen LogP contribution in [0, 0.1) is 5.92 Å². The normalized spacial score (nSPS) is 15.0. The maximum absolute atomic E-state index is 6.15. The number of ether oxygens (including phenoxy) is 1. The molecule has 0 bridgehead atoms. The van der Waals surface area contributed by atoms with Crippen LogP contribution in [0.25, 0.3) is 0 Å². The summed E-state index contributed by atoms with van der Waals surface area (Å²) >= 11 is 0. The van der Waals surface area contributed by atoms with Crippen molar-refractivity contribution in [2.75, 3.05) is 13.7 Å². The van der Waals surface area contributed by atoms with Crippen LogP contribution in [0.4, 0.5) is 0 Å². The first-order chi connectivity index (χ1) is 5.10. The predicted molar refractivity (Wildman–Crippen MR) is 48.5 cm³/mol. The molecule has 2 heteroatoms. The Morgan fingerprint density at radius 1 is 1.36 bits per heavy atom. The van der Waals surface area contributed by atoms with Gasteiger partial charge >= 0.3 is 0 Å². The molecule has 0 heterocycles. The Bertz CT molecular complexity index is 99.7. The first kappa shape index (κ1) is 10.9. The lowest BCUT2D eigenvalue weighted by molar-refractivity contribution is 0.110. The van der Waals surface area contributed by atoms with Crippen molar-refractivity contribution < 1.29 is 4.74 Å². The maximum atomic E-state index is 6.15. The summed E-state index contributed by atoms with van der Waals surface area (Å²) in [6.45, 7) is 7.18. The average molecular weight is 159 g/mol. The third-order valence-electron chi connectivity index (χ3n) is 2.71. The van der Waals surface area contributed by atoms with Crippen LogP contribution in [0.15, 0.2) is 0 Å². The van der Waals surface area contributed by atoms with Gasteiger partial charge in [-0.15, -0.1) is 0 Å². The van der Waals surface area contributed by atoms with E-state index >= 15 is 0 Å². The van der Waals surface area contributed by atoms with E-state index in [2.05, 4.69) is 20.8 Å². The SMILES string of the molecule is CCC(N)(CC)C(C)COC. The van der Waals surface area contributed by atoms with Gasteiger partial charge in [0.05, 0.1) is 6.61 Å². The number of hydrogen-bond donors (Lipinski definition) is 1. The lowest BCUT2D eigenvalue weighted by atomic mass is 9.82.